The molecule has 0 radical (unpaired) electrons. The van der Waals surface area contributed by atoms with Gasteiger partial charge in [0, 0.05) is 17.5 Å². The number of nitrogens with one attached hydrogen (secondary N) is 1. The van der Waals surface area contributed by atoms with E-state index in [0.717, 1.165) is 18.1 Å². The van der Waals surface area contributed by atoms with Crippen LogP contribution in [0.25, 0.3) is 11.3 Å². The summed E-state index contributed by atoms with van der Waals surface area (Å²) in [5.74, 6) is -0.858. The monoisotopic (exact) mass is 268 g/mol. The van der Waals surface area contributed by atoms with Gasteiger partial charge in [-0.05, 0) is 31.0 Å². The van der Waals surface area contributed by atoms with Gasteiger partial charge in [-0.1, -0.05) is 6.92 Å². The van der Waals surface area contributed by atoms with Crippen LogP contribution in [0.4, 0.5) is 13.9 Å². The molecular formula is C13H14F2N2S. The normalized spacial score (nSPS) is 10.7. The van der Waals surface area contributed by atoms with Gasteiger partial charge in [0.15, 0.2) is 5.13 Å². The van der Waals surface area contributed by atoms with Gasteiger partial charge in [-0.15, -0.1) is 11.3 Å². The molecule has 0 fully saturated rings. The Labute approximate surface area is 109 Å². The molecule has 0 atom stereocenters. The number of nitrogens with zero attached hydrogens (tertiary/aromatic N) is 1. The minimum absolute atomic E-state index is 0.207. The van der Waals surface area contributed by atoms with Gasteiger partial charge in [0.2, 0.25) is 0 Å². The molecule has 0 aliphatic carbocycles. The van der Waals surface area contributed by atoms with Crippen molar-refractivity contribution < 1.29 is 8.78 Å². The first-order chi connectivity index (χ1) is 8.61. The lowest BCUT2D eigenvalue weighted by atomic mass is 10.1. The van der Waals surface area contributed by atoms with Crippen LogP contribution in [0.15, 0.2) is 17.5 Å². The lowest BCUT2D eigenvalue weighted by Crippen LogP contribution is -1.98. The van der Waals surface area contributed by atoms with Crippen LogP contribution in [0.1, 0.15) is 18.9 Å². The van der Waals surface area contributed by atoms with E-state index in [0.29, 0.717) is 11.3 Å². The molecule has 0 aliphatic rings. The molecule has 0 saturated heterocycles. The second-order valence-corrected chi connectivity index (χ2v) is 4.90. The van der Waals surface area contributed by atoms with Crippen molar-refractivity contribution in [2.75, 3.05) is 11.9 Å². The Balaban J connectivity index is 2.31. The molecule has 1 heterocycles. The van der Waals surface area contributed by atoms with Gasteiger partial charge in [-0.2, -0.15) is 0 Å². The first-order valence-corrected chi connectivity index (χ1v) is 6.65. The zero-order valence-corrected chi connectivity index (χ0v) is 11.1. The van der Waals surface area contributed by atoms with Crippen molar-refractivity contribution in [1.82, 2.24) is 4.98 Å². The van der Waals surface area contributed by atoms with Gasteiger partial charge in [0.05, 0.1) is 5.69 Å². The fraction of sp³-hybridized carbons (Fsp3) is 0.308. The molecule has 0 unspecified atom stereocenters. The molecule has 18 heavy (non-hydrogen) atoms. The van der Waals surface area contributed by atoms with E-state index in [1.807, 2.05) is 0 Å². The van der Waals surface area contributed by atoms with Gasteiger partial charge in [0.1, 0.15) is 11.6 Å². The molecule has 0 saturated carbocycles. The van der Waals surface area contributed by atoms with Gasteiger partial charge < -0.3 is 5.32 Å². The Kier molecular flexibility index (Phi) is 3.91. The SMILES string of the molecule is CCCNc1nc(-c2cc(F)c(C)cc2F)cs1. The van der Waals surface area contributed by atoms with E-state index in [4.69, 9.17) is 0 Å². The molecule has 1 aromatic carbocycles. The maximum atomic E-state index is 13.8. The predicted octanol–water partition coefficient (Wildman–Crippen LogP) is 4.22. The van der Waals surface area contributed by atoms with Crippen molar-refractivity contribution in [3.05, 3.63) is 34.7 Å². The number of hydrogen-bond donors (Lipinski definition) is 1. The number of hydrogen-bond acceptors (Lipinski definition) is 3. The molecule has 96 valence electrons. The third-order valence-electron chi connectivity index (χ3n) is 2.55. The van der Waals surface area contributed by atoms with E-state index in [-0.39, 0.29) is 5.56 Å². The third-order valence-corrected chi connectivity index (χ3v) is 3.35. The summed E-state index contributed by atoms with van der Waals surface area (Å²) in [6.07, 6.45) is 0.989. The van der Waals surface area contributed by atoms with Crippen molar-refractivity contribution in [2.24, 2.45) is 0 Å². The summed E-state index contributed by atoms with van der Waals surface area (Å²) in [5.41, 5.74) is 0.977. The van der Waals surface area contributed by atoms with Crippen molar-refractivity contribution in [2.45, 2.75) is 20.3 Å². The van der Waals surface area contributed by atoms with Gasteiger partial charge in [0.25, 0.3) is 0 Å². The highest BCUT2D eigenvalue weighted by Gasteiger charge is 2.12. The number of halogens is 2. The fourth-order valence-electron chi connectivity index (χ4n) is 1.55. The lowest BCUT2D eigenvalue weighted by Gasteiger charge is -2.03. The van der Waals surface area contributed by atoms with Crippen LogP contribution in [0, 0.1) is 18.6 Å². The molecule has 1 aromatic heterocycles. The van der Waals surface area contributed by atoms with Gasteiger partial charge >= 0.3 is 0 Å². The molecule has 1 N–H and O–H groups in total. The van der Waals surface area contributed by atoms with E-state index in [9.17, 15) is 8.78 Å². The van der Waals surface area contributed by atoms with Gasteiger partial charge in [-0.3, -0.25) is 0 Å². The van der Waals surface area contributed by atoms with Crippen LogP contribution in [0.3, 0.4) is 0 Å². The van der Waals surface area contributed by atoms with E-state index >= 15 is 0 Å². The average Bonchev–Trinajstić information content (AvgIpc) is 2.79. The van der Waals surface area contributed by atoms with Crippen molar-refractivity contribution in [3.63, 3.8) is 0 Å². The Morgan fingerprint density at radius 2 is 2.06 bits per heavy atom. The van der Waals surface area contributed by atoms with Crippen LogP contribution in [0.5, 0.6) is 0 Å². The first kappa shape index (κ1) is 13.0. The van der Waals surface area contributed by atoms with Crippen LogP contribution in [-0.2, 0) is 0 Å². The fourth-order valence-corrected chi connectivity index (χ4v) is 2.29. The summed E-state index contributed by atoms with van der Waals surface area (Å²) in [5, 5.41) is 5.58. The lowest BCUT2D eigenvalue weighted by molar-refractivity contribution is 0.595. The second-order valence-electron chi connectivity index (χ2n) is 4.05. The minimum Gasteiger partial charge on any atom is -0.362 e. The van der Waals surface area contributed by atoms with Gasteiger partial charge in [-0.25, -0.2) is 13.8 Å². The summed E-state index contributed by atoms with van der Waals surface area (Å²) in [4.78, 5) is 4.25. The molecule has 2 nitrogen and oxygen atoms in total. The molecule has 2 aromatic rings. The highest BCUT2D eigenvalue weighted by Crippen LogP contribution is 2.28. The van der Waals surface area contributed by atoms with Crippen LogP contribution in [0.2, 0.25) is 0 Å². The average molecular weight is 268 g/mol. The molecule has 0 aliphatic heterocycles. The van der Waals surface area contributed by atoms with Crippen molar-refractivity contribution in [1.29, 1.82) is 0 Å². The number of benzene rings is 1. The van der Waals surface area contributed by atoms with Crippen LogP contribution < -0.4 is 5.32 Å². The molecule has 2 rings (SSSR count). The Morgan fingerprint density at radius 3 is 2.78 bits per heavy atom. The summed E-state index contributed by atoms with van der Waals surface area (Å²) in [6, 6.07) is 2.40. The zero-order valence-electron chi connectivity index (χ0n) is 10.3. The predicted molar refractivity (Wildman–Crippen MR) is 71.0 cm³/mol. The Morgan fingerprint density at radius 1 is 1.28 bits per heavy atom. The number of rotatable bonds is 4. The van der Waals surface area contributed by atoms with Crippen LogP contribution in [-0.4, -0.2) is 11.5 Å². The number of aryl methyl sites for hydroxylation is 1. The zero-order chi connectivity index (χ0) is 13.1. The van der Waals surface area contributed by atoms with E-state index in [1.165, 1.54) is 30.4 Å². The molecule has 5 heteroatoms. The summed E-state index contributed by atoms with van der Waals surface area (Å²) in [6.45, 7) is 4.41. The Bertz CT molecular complexity index is 552. The molecular weight excluding hydrogens is 254 g/mol. The van der Waals surface area contributed by atoms with E-state index in [1.54, 1.807) is 5.38 Å². The van der Waals surface area contributed by atoms with E-state index in [2.05, 4.69) is 17.2 Å². The van der Waals surface area contributed by atoms with Crippen LogP contribution >= 0.6 is 11.3 Å². The number of anilines is 1. The van der Waals surface area contributed by atoms with Crippen molar-refractivity contribution in [3.8, 4) is 11.3 Å². The largest absolute Gasteiger partial charge is 0.362 e. The molecule has 0 amide bonds. The third kappa shape index (κ3) is 2.67. The maximum absolute atomic E-state index is 13.8. The van der Waals surface area contributed by atoms with Crippen molar-refractivity contribution >= 4 is 16.5 Å². The highest BCUT2D eigenvalue weighted by atomic mass is 32.1. The van der Waals surface area contributed by atoms with E-state index < -0.39 is 11.6 Å². The Hall–Kier alpha value is -1.49. The smallest absolute Gasteiger partial charge is 0.183 e. The first-order valence-electron chi connectivity index (χ1n) is 5.77. The highest BCUT2D eigenvalue weighted by molar-refractivity contribution is 7.14. The summed E-state index contributed by atoms with van der Waals surface area (Å²) >= 11 is 1.39. The summed E-state index contributed by atoms with van der Waals surface area (Å²) < 4.78 is 27.2. The second kappa shape index (κ2) is 5.44. The minimum atomic E-state index is -0.443. The standard InChI is InChI=1S/C13H14F2N2S/c1-3-4-16-13-17-12(7-18-13)9-6-10(14)8(2)5-11(9)15/h5-7H,3-4H2,1-2H3,(H,16,17). The molecule has 0 bridgehead atoms. The molecule has 0 spiro atoms. The maximum Gasteiger partial charge on any atom is 0.183 e. The number of thiazole rings is 1. The topological polar surface area (TPSA) is 24.9 Å². The summed E-state index contributed by atoms with van der Waals surface area (Å²) in [7, 11) is 0. The number of aromatic nitrogens is 1. The quantitative estimate of drug-likeness (QED) is 0.898.